The molecule has 0 saturated carbocycles. The summed E-state index contributed by atoms with van der Waals surface area (Å²) in [6, 6.07) is 8.82. The van der Waals surface area contributed by atoms with E-state index in [2.05, 4.69) is 0 Å². The molecule has 1 amide bonds. The van der Waals surface area contributed by atoms with Crippen molar-refractivity contribution in [1.29, 1.82) is 0 Å². The van der Waals surface area contributed by atoms with Gasteiger partial charge in [0.1, 0.15) is 5.02 Å². The summed E-state index contributed by atoms with van der Waals surface area (Å²) in [5.74, 6) is -0.228. The van der Waals surface area contributed by atoms with E-state index in [-0.39, 0.29) is 39.6 Å². The minimum atomic E-state index is -0.240. The van der Waals surface area contributed by atoms with Crippen LogP contribution in [0.4, 0.5) is 11.4 Å². The number of hydrogen-bond donors (Lipinski definition) is 1. The fraction of sp³-hybridized carbons (Fsp3) is 0.133. The number of fused-ring (bicyclic) bond motifs is 1. The molecule has 0 fully saturated rings. The Kier molecular flexibility index (Phi) is 3.43. The third-order valence-corrected chi connectivity index (χ3v) is 4.05. The molecule has 2 aromatic rings. The average Bonchev–Trinajstić information content (AvgIpc) is 2.80. The number of amides is 1. The van der Waals surface area contributed by atoms with Gasteiger partial charge in [-0.05, 0) is 11.6 Å². The van der Waals surface area contributed by atoms with E-state index in [9.17, 15) is 9.90 Å². The van der Waals surface area contributed by atoms with E-state index in [4.69, 9.17) is 27.9 Å². The first-order chi connectivity index (χ1) is 10.0. The zero-order valence-electron chi connectivity index (χ0n) is 11.1. The summed E-state index contributed by atoms with van der Waals surface area (Å²) in [7, 11) is 1.40. The van der Waals surface area contributed by atoms with Gasteiger partial charge in [-0.1, -0.05) is 41.4 Å². The van der Waals surface area contributed by atoms with E-state index >= 15 is 0 Å². The van der Waals surface area contributed by atoms with Crippen molar-refractivity contribution in [3.63, 3.8) is 0 Å². The van der Waals surface area contributed by atoms with Gasteiger partial charge >= 0.3 is 0 Å². The van der Waals surface area contributed by atoms with Gasteiger partial charge in [-0.2, -0.15) is 0 Å². The molecule has 4 nitrogen and oxygen atoms in total. The van der Waals surface area contributed by atoms with Crippen molar-refractivity contribution in [2.75, 3.05) is 12.0 Å². The molecule has 0 unspecified atom stereocenters. The molecule has 108 valence electrons. The van der Waals surface area contributed by atoms with Crippen LogP contribution in [0, 0.1) is 0 Å². The van der Waals surface area contributed by atoms with Crippen LogP contribution in [0.25, 0.3) is 0 Å². The first-order valence-electron chi connectivity index (χ1n) is 6.20. The highest BCUT2D eigenvalue weighted by Gasteiger charge is 2.32. The molecule has 0 bridgehead atoms. The molecule has 1 heterocycles. The number of halogens is 2. The maximum Gasteiger partial charge on any atom is 0.236 e. The van der Waals surface area contributed by atoms with E-state index in [1.165, 1.54) is 18.1 Å². The molecule has 1 N–H and O–H groups in total. The molecule has 2 aromatic carbocycles. The molecule has 0 atom stereocenters. The van der Waals surface area contributed by atoms with Crippen molar-refractivity contribution < 1.29 is 14.6 Å². The Balaban J connectivity index is 2.22. The molecule has 0 saturated heterocycles. The molecule has 0 radical (unpaired) electrons. The number of carbonyl (C=O) groups excluding carboxylic acids is 1. The molecular weight excluding hydrogens is 313 g/mol. The topological polar surface area (TPSA) is 49.8 Å². The van der Waals surface area contributed by atoms with Crippen molar-refractivity contribution in [2.45, 2.75) is 6.42 Å². The van der Waals surface area contributed by atoms with E-state index in [0.717, 1.165) is 11.3 Å². The Morgan fingerprint density at radius 3 is 2.71 bits per heavy atom. The smallest absolute Gasteiger partial charge is 0.236 e. The standard InChI is InChI=1S/C15H11Cl2NO3/c1-21-11-7-9(16)14(13(17)15(11)20)18-10-5-3-2-4-8(10)6-12(18)19/h2-5,7,20H,6H2,1H3. The van der Waals surface area contributed by atoms with Crippen LogP contribution in [0.3, 0.4) is 0 Å². The number of ether oxygens (including phenoxy) is 1. The van der Waals surface area contributed by atoms with Gasteiger partial charge in [0.25, 0.3) is 0 Å². The monoisotopic (exact) mass is 323 g/mol. The number of benzene rings is 2. The predicted molar refractivity (Wildman–Crippen MR) is 82.0 cm³/mol. The lowest BCUT2D eigenvalue weighted by molar-refractivity contribution is -0.116. The summed E-state index contributed by atoms with van der Waals surface area (Å²) >= 11 is 12.4. The van der Waals surface area contributed by atoms with E-state index < -0.39 is 0 Å². The molecule has 1 aliphatic heterocycles. The van der Waals surface area contributed by atoms with E-state index in [0.29, 0.717) is 0 Å². The number of aromatic hydroxyl groups is 1. The maximum atomic E-state index is 12.3. The van der Waals surface area contributed by atoms with Crippen LogP contribution in [0.2, 0.25) is 10.0 Å². The first-order valence-corrected chi connectivity index (χ1v) is 6.96. The number of anilines is 2. The van der Waals surface area contributed by atoms with Crippen molar-refractivity contribution in [2.24, 2.45) is 0 Å². The van der Waals surface area contributed by atoms with Crippen molar-refractivity contribution in [3.05, 3.63) is 45.9 Å². The molecule has 6 heteroatoms. The average molecular weight is 324 g/mol. The minimum Gasteiger partial charge on any atom is -0.503 e. The lowest BCUT2D eigenvalue weighted by atomic mass is 10.2. The summed E-state index contributed by atoms with van der Waals surface area (Å²) in [5.41, 5.74) is 1.88. The van der Waals surface area contributed by atoms with Gasteiger partial charge in [0.05, 0.1) is 29.9 Å². The predicted octanol–water partition coefficient (Wildman–Crippen LogP) is 3.93. The van der Waals surface area contributed by atoms with Gasteiger partial charge in [0, 0.05) is 6.07 Å². The van der Waals surface area contributed by atoms with Crippen LogP contribution in [0.5, 0.6) is 11.5 Å². The number of phenolic OH excluding ortho intramolecular Hbond substituents is 1. The fourth-order valence-corrected chi connectivity index (χ4v) is 3.04. The molecule has 21 heavy (non-hydrogen) atoms. The second-order valence-corrected chi connectivity index (χ2v) is 5.39. The molecule has 3 rings (SSSR count). The number of para-hydroxylation sites is 1. The Bertz CT molecular complexity index is 746. The molecule has 1 aliphatic rings. The normalized spacial score (nSPS) is 13.5. The highest BCUT2D eigenvalue weighted by Crippen LogP contribution is 2.49. The maximum absolute atomic E-state index is 12.3. The minimum absolute atomic E-state index is 0.00981. The van der Waals surface area contributed by atoms with Crippen LogP contribution >= 0.6 is 23.2 Å². The molecule has 0 aliphatic carbocycles. The Hall–Kier alpha value is -1.91. The van der Waals surface area contributed by atoms with Crippen molar-refractivity contribution in [1.82, 2.24) is 0 Å². The zero-order chi connectivity index (χ0) is 15.1. The zero-order valence-corrected chi connectivity index (χ0v) is 12.6. The van der Waals surface area contributed by atoms with E-state index in [1.54, 1.807) is 0 Å². The van der Waals surface area contributed by atoms with E-state index in [1.807, 2.05) is 24.3 Å². The van der Waals surface area contributed by atoms with Crippen molar-refractivity contribution in [3.8, 4) is 11.5 Å². The van der Waals surface area contributed by atoms with Crippen LogP contribution in [0.1, 0.15) is 5.56 Å². The largest absolute Gasteiger partial charge is 0.503 e. The third kappa shape index (κ3) is 2.11. The van der Waals surface area contributed by atoms with Gasteiger partial charge in [-0.25, -0.2) is 0 Å². The quantitative estimate of drug-likeness (QED) is 0.911. The van der Waals surface area contributed by atoms with Crippen LogP contribution in [0.15, 0.2) is 30.3 Å². The fourth-order valence-electron chi connectivity index (χ4n) is 2.44. The van der Waals surface area contributed by atoms with Crippen LogP contribution in [-0.4, -0.2) is 18.1 Å². The lowest BCUT2D eigenvalue weighted by Gasteiger charge is -2.21. The summed E-state index contributed by atoms with van der Waals surface area (Å²) in [5, 5.41) is 10.3. The van der Waals surface area contributed by atoms with Gasteiger partial charge in [0.2, 0.25) is 5.91 Å². The SMILES string of the molecule is COc1cc(Cl)c(N2C(=O)Cc3ccccc32)c(Cl)c1O. The number of carbonyl (C=O) groups is 1. The van der Waals surface area contributed by atoms with Crippen LogP contribution in [-0.2, 0) is 11.2 Å². The third-order valence-electron chi connectivity index (χ3n) is 3.40. The number of rotatable bonds is 2. The number of hydrogen-bond acceptors (Lipinski definition) is 3. The summed E-state index contributed by atoms with van der Waals surface area (Å²) in [6.07, 6.45) is 0.273. The first kappa shape index (κ1) is 14.0. The van der Waals surface area contributed by atoms with Crippen LogP contribution < -0.4 is 9.64 Å². The summed E-state index contributed by atoms with van der Waals surface area (Å²) < 4.78 is 5.00. The highest BCUT2D eigenvalue weighted by atomic mass is 35.5. The van der Waals surface area contributed by atoms with Gasteiger partial charge < -0.3 is 9.84 Å². The Labute approximate surface area is 131 Å². The van der Waals surface area contributed by atoms with Crippen molar-refractivity contribution >= 4 is 40.5 Å². The Morgan fingerprint density at radius 1 is 1.29 bits per heavy atom. The number of phenols is 1. The second-order valence-electron chi connectivity index (χ2n) is 4.61. The number of nitrogens with zero attached hydrogens (tertiary/aromatic N) is 1. The van der Waals surface area contributed by atoms with Gasteiger partial charge in [-0.3, -0.25) is 9.69 Å². The Morgan fingerprint density at radius 2 is 2.00 bits per heavy atom. The lowest BCUT2D eigenvalue weighted by Crippen LogP contribution is -2.21. The molecule has 0 aromatic heterocycles. The summed E-state index contributed by atoms with van der Waals surface area (Å²) in [6.45, 7) is 0. The molecule has 0 spiro atoms. The highest BCUT2D eigenvalue weighted by molar-refractivity contribution is 6.41. The summed E-state index contributed by atoms with van der Waals surface area (Å²) in [4.78, 5) is 13.7. The van der Waals surface area contributed by atoms with Gasteiger partial charge in [-0.15, -0.1) is 0 Å². The number of methoxy groups -OCH3 is 1. The second kappa shape index (κ2) is 5.13. The van der Waals surface area contributed by atoms with Gasteiger partial charge in [0.15, 0.2) is 11.5 Å². The molecular formula is C15H11Cl2NO3.